The van der Waals surface area contributed by atoms with Crippen LogP contribution in [0.15, 0.2) is 91.0 Å². The minimum atomic E-state index is -0.479. The van der Waals surface area contributed by atoms with E-state index < -0.39 is 5.60 Å². The van der Waals surface area contributed by atoms with E-state index in [9.17, 15) is 4.79 Å². The number of anilines is 1. The lowest BCUT2D eigenvalue weighted by Gasteiger charge is -2.43. The Morgan fingerprint density at radius 2 is 1.49 bits per heavy atom. The fourth-order valence-electron chi connectivity index (χ4n) is 7.47. The molecular formula is C43H52N6O4. The molecule has 1 atom stereocenters. The summed E-state index contributed by atoms with van der Waals surface area (Å²) >= 11 is 0. The SMILES string of the molecule is C[C@H]1CN(C(=O)OC(C)(C)C)CCN1CC1CCN(c2cccc3c(-c4ccc(OCc5ccccc5)nc4OCc4ccccc4)nn(C)c23)CC1. The minimum absolute atomic E-state index is 0.207. The summed E-state index contributed by atoms with van der Waals surface area (Å²) in [5.74, 6) is 1.61. The molecule has 0 N–H and O–H groups in total. The second-order valence-electron chi connectivity index (χ2n) is 15.4. The molecule has 10 heteroatoms. The van der Waals surface area contributed by atoms with Crippen LogP contribution < -0.4 is 14.4 Å². The number of carbonyl (C=O) groups is 1. The first-order chi connectivity index (χ1) is 25.6. The number of fused-ring (bicyclic) bond motifs is 1. The Hall–Kier alpha value is -5.09. The Bertz CT molecular complexity index is 1990. The van der Waals surface area contributed by atoms with Crippen molar-refractivity contribution in [2.24, 2.45) is 13.0 Å². The normalized spacial score (nSPS) is 17.3. The van der Waals surface area contributed by atoms with Gasteiger partial charge in [0.1, 0.15) is 24.5 Å². The van der Waals surface area contributed by atoms with Gasteiger partial charge in [-0.15, -0.1) is 0 Å². The molecule has 4 heterocycles. The number of hydrogen-bond donors (Lipinski definition) is 0. The van der Waals surface area contributed by atoms with Crippen LogP contribution in [-0.2, 0) is 25.0 Å². The quantitative estimate of drug-likeness (QED) is 0.144. The Morgan fingerprint density at radius 3 is 2.15 bits per heavy atom. The van der Waals surface area contributed by atoms with E-state index in [1.807, 2.05) is 110 Å². The van der Waals surface area contributed by atoms with Crippen LogP contribution in [0.1, 0.15) is 51.7 Å². The number of aryl methyl sites for hydroxylation is 1. The number of piperidine rings is 1. The van der Waals surface area contributed by atoms with E-state index in [2.05, 4.69) is 34.9 Å². The van der Waals surface area contributed by atoms with Crippen molar-refractivity contribution in [2.45, 2.75) is 65.4 Å². The van der Waals surface area contributed by atoms with Crippen LogP contribution in [0.3, 0.4) is 0 Å². The summed E-state index contributed by atoms with van der Waals surface area (Å²) in [6, 6.07) is 30.9. The van der Waals surface area contributed by atoms with E-state index in [-0.39, 0.29) is 6.09 Å². The molecule has 2 aliphatic heterocycles. The van der Waals surface area contributed by atoms with Gasteiger partial charge >= 0.3 is 6.09 Å². The molecule has 0 spiro atoms. The van der Waals surface area contributed by atoms with Crippen molar-refractivity contribution in [1.29, 1.82) is 0 Å². The highest BCUT2D eigenvalue weighted by molar-refractivity contribution is 6.01. The van der Waals surface area contributed by atoms with Crippen LogP contribution in [0.5, 0.6) is 11.8 Å². The number of benzene rings is 3. The van der Waals surface area contributed by atoms with Crippen molar-refractivity contribution in [3.8, 4) is 23.0 Å². The number of piperazine rings is 1. The van der Waals surface area contributed by atoms with Gasteiger partial charge < -0.3 is 24.0 Å². The van der Waals surface area contributed by atoms with Gasteiger partial charge in [-0.3, -0.25) is 9.58 Å². The second kappa shape index (κ2) is 15.9. The van der Waals surface area contributed by atoms with Crippen molar-refractivity contribution < 1.29 is 19.0 Å². The molecule has 0 unspecified atom stereocenters. The Morgan fingerprint density at radius 1 is 0.811 bits per heavy atom. The van der Waals surface area contributed by atoms with Gasteiger partial charge in [-0.2, -0.15) is 10.1 Å². The standard InChI is InChI=1S/C43H52N6O4/c1-31-27-49(42(50)53-43(2,3)4)26-25-48(31)28-32-21-23-47(24-22-32)37-18-12-17-35-39(45-46(5)40(35)37)36-19-20-38(51-29-33-13-8-6-9-14-33)44-41(36)52-30-34-15-10-7-11-16-34/h6-20,31-32H,21-30H2,1-5H3/t31-/m0/s1. The first-order valence-corrected chi connectivity index (χ1v) is 18.9. The van der Waals surface area contributed by atoms with Crippen LogP contribution in [0.4, 0.5) is 10.5 Å². The van der Waals surface area contributed by atoms with Gasteiger partial charge in [0.05, 0.1) is 16.8 Å². The number of hydrogen-bond acceptors (Lipinski definition) is 8. The molecule has 53 heavy (non-hydrogen) atoms. The number of para-hydroxylation sites is 1. The largest absolute Gasteiger partial charge is 0.473 e. The summed E-state index contributed by atoms with van der Waals surface area (Å²) in [7, 11) is 2.02. The predicted octanol–water partition coefficient (Wildman–Crippen LogP) is 7.95. The van der Waals surface area contributed by atoms with Crippen molar-refractivity contribution >= 4 is 22.7 Å². The van der Waals surface area contributed by atoms with Gasteiger partial charge in [-0.1, -0.05) is 72.8 Å². The fraction of sp³-hybridized carbons (Fsp3) is 0.419. The molecule has 2 aliphatic rings. The number of nitrogens with zero attached hydrogens (tertiary/aromatic N) is 6. The van der Waals surface area contributed by atoms with E-state index in [1.54, 1.807) is 0 Å². The summed E-state index contributed by atoms with van der Waals surface area (Å²) in [4.78, 5) is 24.5. The molecule has 0 radical (unpaired) electrons. The predicted molar refractivity (Wildman–Crippen MR) is 209 cm³/mol. The maximum absolute atomic E-state index is 12.7. The second-order valence-corrected chi connectivity index (χ2v) is 15.4. The average Bonchev–Trinajstić information content (AvgIpc) is 3.50. The Kier molecular flexibility index (Phi) is 10.9. The van der Waals surface area contributed by atoms with E-state index >= 15 is 0 Å². The molecule has 10 nitrogen and oxygen atoms in total. The summed E-state index contributed by atoms with van der Waals surface area (Å²) in [6.45, 7) is 14.1. The summed E-state index contributed by atoms with van der Waals surface area (Å²) in [6.07, 6.45) is 2.03. The van der Waals surface area contributed by atoms with E-state index in [0.29, 0.717) is 50.0 Å². The third-order valence-electron chi connectivity index (χ3n) is 10.2. The summed E-state index contributed by atoms with van der Waals surface area (Å²) < 4.78 is 20.2. The molecule has 278 valence electrons. The third kappa shape index (κ3) is 8.76. The minimum Gasteiger partial charge on any atom is -0.473 e. The number of carbonyl (C=O) groups excluding carboxylic acids is 1. The molecular weight excluding hydrogens is 665 g/mol. The monoisotopic (exact) mass is 716 g/mol. The smallest absolute Gasteiger partial charge is 0.410 e. The van der Waals surface area contributed by atoms with E-state index in [0.717, 1.165) is 72.3 Å². The molecule has 2 saturated heterocycles. The van der Waals surface area contributed by atoms with Gasteiger partial charge in [-0.25, -0.2) is 4.79 Å². The van der Waals surface area contributed by atoms with Gasteiger partial charge in [0, 0.05) is 63.8 Å². The molecule has 3 aromatic carbocycles. The summed E-state index contributed by atoms with van der Waals surface area (Å²) in [5.41, 5.74) is 5.62. The zero-order chi connectivity index (χ0) is 37.0. The highest BCUT2D eigenvalue weighted by Gasteiger charge is 2.32. The fourth-order valence-corrected chi connectivity index (χ4v) is 7.47. The average molecular weight is 717 g/mol. The van der Waals surface area contributed by atoms with E-state index in [4.69, 9.17) is 24.3 Å². The van der Waals surface area contributed by atoms with Crippen molar-refractivity contribution in [1.82, 2.24) is 24.6 Å². The molecule has 1 amide bonds. The zero-order valence-electron chi connectivity index (χ0n) is 31.7. The van der Waals surface area contributed by atoms with Crippen LogP contribution in [0.2, 0.25) is 0 Å². The van der Waals surface area contributed by atoms with Gasteiger partial charge in [-0.05, 0) is 69.7 Å². The van der Waals surface area contributed by atoms with Crippen molar-refractivity contribution in [3.63, 3.8) is 0 Å². The van der Waals surface area contributed by atoms with Gasteiger partial charge in [0.25, 0.3) is 0 Å². The first-order valence-electron chi connectivity index (χ1n) is 18.9. The number of pyridine rings is 1. The molecule has 0 aliphatic carbocycles. The molecule has 7 rings (SSSR count). The number of ether oxygens (including phenoxy) is 3. The molecule has 5 aromatic rings. The maximum Gasteiger partial charge on any atom is 0.410 e. The van der Waals surface area contributed by atoms with Gasteiger partial charge in [0.2, 0.25) is 11.8 Å². The highest BCUT2D eigenvalue weighted by Crippen LogP contribution is 2.39. The van der Waals surface area contributed by atoms with Crippen LogP contribution in [0.25, 0.3) is 22.2 Å². The number of amides is 1. The van der Waals surface area contributed by atoms with Crippen LogP contribution >= 0.6 is 0 Å². The Labute approximate surface area is 313 Å². The van der Waals surface area contributed by atoms with E-state index in [1.165, 1.54) is 5.69 Å². The topological polar surface area (TPSA) is 85.2 Å². The molecule has 0 saturated carbocycles. The number of rotatable bonds is 10. The van der Waals surface area contributed by atoms with Crippen LogP contribution in [0, 0.1) is 5.92 Å². The third-order valence-corrected chi connectivity index (χ3v) is 10.2. The highest BCUT2D eigenvalue weighted by atomic mass is 16.6. The molecule has 2 aromatic heterocycles. The van der Waals surface area contributed by atoms with Gasteiger partial charge in [0.15, 0.2) is 0 Å². The van der Waals surface area contributed by atoms with Crippen LogP contribution in [-0.4, -0.2) is 81.6 Å². The van der Waals surface area contributed by atoms with Crippen molar-refractivity contribution in [2.75, 3.05) is 44.2 Å². The molecule has 2 fully saturated rings. The first kappa shape index (κ1) is 36.3. The lowest BCUT2D eigenvalue weighted by Crippen LogP contribution is -2.55. The maximum atomic E-state index is 12.7. The lowest BCUT2D eigenvalue weighted by atomic mass is 9.94. The summed E-state index contributed by atoms with van der Waals surface area (Å²) in [5, 5.41) is 6.14. The Balaban J connectivity index is 1.05. The number of aromatic nitrogens is 3. The zero-order valence-corrected chi connectivity index (χ0v) is 31.7. The lowest BCUT2D eigenvalue weighted by molar-refractivity contribution is 0.00308. The molecule has 0 bridgehead atoms. The van der Waals surface area contributed by atoms with Crippen molar-refractivity contribution in [3.05, 3.63) is 102 Å².